The van der Waals surface area contributed by atoms with E-state index in [1.54, 1.807) is 6.20 Å². The summed E-state index contributed by atoms with van der Waals surface area (Å²) in [6.45, 7) is 1.93. The summed E-state index contributed by atoms with van der Waals surface area (Å²) in [6, 6.07) is 9.23. The van der Waals surface area contributed by atoms with Crippen LogP contribution in [-0.4, -0.2) is 33.3 Å². The first-order valence-electron chi connectivity index (χ1n) is 8.26. The smallest absolute Gasteiger partial charge is 0.319 e. The Labute approximate surface area is 141 Å². The fourth-order valence-electron chi connectivity index (χ4n) is 2.86. The van der Waals surface area contributed by atoms with Crippen LogP contribution in [0.1, 0.15) is 31.4 Å². The van der Waals surface area contributed by atoms with Gasteiger partial charge in [-0.05, 0) is 62.9 Å². The summed E-state index contributed by atoms with van der Waals surface area (Å²) >= 11 is 0. The van der Waals surface area contributed by atoms with Crippen LogP contribution in [0.3, 0.4) is 0 Å². The molecule has 0 spiro atoms. The van der Waals surface area contributed by atoms with Crippen LogP contribution in [0.5, 0.6) is 0 Å². The van der Waals surface area contributed by atoms with Gasteiger partial charge in [0.25, 0.3) is 0 Å². The second-order valence-corrected chi connectivity index (χ2v) is 6.20. The molecule has 6 nitrogen and oxygen atoms in total. The number of hydrogen-bond acceptors (Lipinski definition) is 4. The first kappa shape index (κ1) is 16.4. The van der Waals surface area contributed by atoms with Crippen LogP contribution in [0.25, 0.3) is 11.4 Å². The van der Waals surface area contributed by atoms with E-state index >= 15 is 0 Å². The third-order valence-corrected chi connectivity index (χ3v) is 4.23. The molecule has 2 amide bonds. The molecule has 1 aliphatic rings. The highest BCUT2D eigenvalue weighted by Gasteiger charge is 2.20. The SMILES string of the molecule is Cc1ccnc(-c2ccc(NC(=O)NC3CCC(O)CC3)cc2)n1. The van der Waals surface area contributed by atoms with E-state index in [0.29, 0.717) is 5.82 Å². The molecular formula is C18H22N4O2. The molecule has 0 atom stereocenters. The van der Waals surface area contributed by atoms with Crippen molar-refractivity contribution in [2.75, 3.05) is 5.32 Å². The number of carbonyl (C=O) groups excluding carboxylic acids is 1. The van der Waals surface area contributed by atoms with E-state index in [1.807, 2.05) is 37.3 Å². The predicted octanol–water partition coefficient (Wildman–Crippen LogP) is 2.88. The Morgan fingerprint density at radius 3 is 2.50 bits per heavy atom. The minimum Gasteiger partial charge on any atom is -0.393 e. The fraction of sp³-hybridized carbons (Fsp3) is 0.389. The largest absolute Gasteiger partial charge is 0.393 e. The van der Waals surface area contributed by atoms with Gasteiger partial charge in [0.15, 0.2) is 5.82 Å². The summed E-state index contributed by atoms with van der Waals surface area (Å²) in [5.41, 5.74) is 2.55. The minimum absolute atomic E-state index is 0.133. The van der Waals surface area contributed by atoms with Crippen molar-refractivity contribution in [1.82, 2.24) is 15.3 Å². The lowest BCUT2D eigenvalue weighted by Crippen LogP contribution is -2.40. The number of urea groups is 1. The Balaban J connectivity index is 1.57. The average molecular weight is 326 g/mol. The Hall–Kier alpha value is -2.47. The maximum absolute atomic E-state index is 12.1. The molecule has 1 aromatic heterocycles. The van der Waals surface area contributed by atoms with Crippen molar-refractivity contribution >= 4 is 11.7 Å². The quantitative estimate of drug-likeness (QED) is 0.809. The molecule has 24 heavy (non-hydrogen) atoms. The Morgan fingerprint density at radius 2 is 1.83 bits per heavy atom. The van der Waals surface area contributed by atoms with Crippen molar-refractivity contribution < 1.29 is 9.90 Å². The number of carbonyl (C=O) groups is 1. The summed E-state index contributed by atoms with van der Waals surface area (Å²) < 4.78 is 0. The van der Waals surface area contributed by atoms with Gasteiger partial charge in [0, 0.05) is 29.2 Å². The first-order valence-corrected chi connectivity index (χ1v) is 8.26. The molecule has 1 fully saturated rings. The molecule has 2 aromatic rings. The van der Waals surface area contributed by atoms with Gasteiger partial charge in [0.2, 0.25) is 0 Å². The monoisotopic (exact) mass is 326 g/mol. The van der Waals surface area contributed by atoms with Gasteiger partial charge >= 0.3 is 6.03 Å². The van der Waals surface area contributed by atoms with E-state index in [0.717, 1.165) is 42.6 Å². The molecule has 0 aliphatic heterocycles. The molecule has 0 radical (unpaired) electrons. The number of aromatic nitrogens is 2. The van der Waals surface area contributed by atoms with Gasteiger partial charge in [-0.2, -0.15) is 0 Å². The predicted molar refractivity (Wildman–Crippen MR) is 92.6 cm³/mol. The standard InChI is InChI=1S/C18H22N4O2/c1-12-10-11-19-17(20-12)13-2-4-14(5-3-13)21-18(24)22-15-6-8-16(23)9-7-15/h2-5,10-11,15-16,23H,6-9H2,1H3,(H2,21,22,24). The second kappa shape index (κ2) is 7.40. The highest BCUT2D eigenvalue weighted by atomic mass is 16.3. The zero-order valence-corrected chi connectivity index (χ0v) is 13.7. The molecule has 1 heterocycles. The van der Waals surface area contributed by atoms with Crippen LogP contribution >= 0.6 is 0 Å². The van der Waals surface area contributed by atoms with Gasteiger partial charge in [-0.25, -0.2) is 14.8 Å². The summed E-state index contributed by atoms with van der Waals surface area (Å²) in [5, 5.41) is 15.3. The van der Waals surface area contributed by atoms with Crippen molar-refractivity contribution in [3.63, 3.8) is 0 Å². The van der Waals surface area contributed by atoms with Gasteiger partial charge in [-0.1, -0.05) is 0 Å². The van der Waals surface area contributed by atoms with E-state index < -0.39 is 0 Å². The van der Waals surface area contributed by atoms with Gasteiger partial charge < -0.3 is 15.7 Å². The topological polar surface area (TPSA) is 87.1 Å². The van der Waals surface area contributed by atoms with Gasteiger partial charge in [-0.3, -0.25) is 0 Å². The molecule has 0 bridgehead atoms. The van der Waals surface area contributed by atoms with Crippen LogP contribution in [0.15, 0.2) is 36.5 Å². The van der Waals surface area contributed by atoms with Crippen LogP contribution in [0.4, 0.5) is 10.5 Å². The van der Waals surface area contributed by atoms with E-state index in [9.17, 15) is 9.90 Å². The van der Waals surface area contributed by atoms with Gasteiger partial charge in [-0.15, -0.1) is 0 Å². The molecule has 1 aromatic carbocycles. The zero-order valence-electron chi connectivity index (χ0n) is 13.7. The minimum atomic E-state index is -0.220. The van der Waals surface area contributed by atoms with E-state index in [-0.39, 0.29) is 18.2 Å². The maximum atomic E-state index is 12.1. The van der Waals surface area contributed by atoms with Crippen molar-refractivity contribution in [2.24, 2.45) is 0 Å². The number of aliphatic hydroxyl groups is 1. The van der Waals surface area contributed by atoms with Crippen molar-refractivity contribution in [3.05, 3.63) is 42.2 Å². The van der Waals surface area contributed by atoms with Crippen molar-refractivity contribution in [3.8, 4) is 11.4 Å². The Kier molecular flexibility index (Phi) is 5.05. The number of aryl methyl sites for hydroxylation is 1. The lowest BCUT2D eigenvalue weighted by atomic mass is 9.93. The van der Waals surface area contributed by atoms with E-state index in [2.05, 4.69) is 20.6 Å². The van der Waals surface area contributed by atoms with Crippen molar-refractivity contribution in [2.45, 2.75) is 44.8 Å². The normalized spacial score (nSPS) is 20.4. The number of rotatable bonds is 3. The number of anilines is 1. The number of hydrogen-bond donors (Lipinski definition) is 3. The Bertz CT molecular complexity index is 694. The zero-order chi connectivity index (χ0) is 16.9. The molecular weight excluding hydrogens is 304 g/mol. The lowest BCUT2D eigenvalue weighted by molar-refractivity contribution is 0.118. The third-order valence-electron chi connectivity index (χ3n) is 4.23. The second-order valence-electron chi connectivity index (χ2n) is 6.20. The Morgan fingerprint density at radius 1 is 1.12 bits per heavy atom. The molecule has 0 saturated heterocycles. The molecule has 6 heteroatoms. The van der Waals surface area contributed by atoms with Crippen LogP contribution < -0.4 is 10.6 Å². The summed E-state index contributed by atoms with van der Waals surface area (Å²) in [6.07, 6.45) is 4.64. The van der Waals surface area contributed by atoms with Crippen molar-refractivity contribution in [1.29, 1.82) is 0 Å². The van der Waals surface area contributed by atoms with E-state index in [1.165, 1.54) is 0 Å². The van der Waals surface area contributed by atoms with Gasteiger partial charge in [0.05, 0.1) is 6.10 Å². The fourth-order valence-corrected chi connectivity index (χ4v) is 2.86. The summed E-state index contributed by atoms with van der Waals surface area (Å²) in [4.78, 5) is 20.7. The van der Waals surface area contributed by atoms with Gasteiger partial charge in [0.1, 0.15) is 0 Å². The third kappa shape index (κ3) is 4.29. The van der Waals surface area contributed by atoms with E-state index in [4.69, 9.17) is 0 Å². The first-order chi connectivity index (χ1) is 11.6. The number of nitrogens with one attached hydrogen (secondary N) is 2. The average Bonchev–Trinajstić information content (AvgIpc) is 2.58. The van der Waals surface area contributed by atoms with Crippen LogP contribution in [0.2, 0.25) is 0 Å². The highest BCUT2D eigenvalue weighted by Crippen LogP contribution is 2.20. The summed E-state index contributed by atoms with van der Waals surface area (Å²) in [7, 11) is 0. The summed E-state index contributed by atoms with van der Waals surface area (Å²) in [5.74, 6) is 0.673. The number of aliphatic hydroxyl groups excluding tert-OH is 1. The maximum Gasteiger partial charge on any atom is 0.319 e. The number of nitrogens with zero attached hydrogens (tertiary/aromatic N) is 2. The number of amides is 2. The molecule has 0 unspecified atom stereocenters. The molecule has 1 saturated carbocycles. The van der Waals surface area contributed by atoms with Crippen LogP contribution in [-0.2, 0) is 0 Å². The molecule has 3 N–H and O–H groups in total. The molecule has 1 aliphatic carbocycles. The molecule has 126 valence electrons. The van der Waals surface area contributed by atoms with Crippen LogP contribution in [0, 0.1) is 6.92 Å². The highest BCUT2D eigenvalue weighted by molar-refractivity contribution is 5.89. The molecule has 3 rings (SSSR count). The lowest BCUT2D eigenvalue weighted by Gasteiger charge is -2.26. The number of benzene rings is 1.